The second-order valence-electron chi connectivity index (χ2n) is 13.6. The zero-order chi connectivity index (χ0) is 38.1. The van der Waals surface area contributed by atoms with Gasteiger partial charge in [-0.15, -0.1) is 0 Å². The molecular formula is C40H50N4O8S. The number of nitrogens with one attached hydrogen (secondary N) is 2. The lowest BCUT2D eigenvalue weighted by atomic mass is 10.0. The summed E-state index contributed by atoms with van der Waals surface area (Å²) in [6.45, 7) is 5.86. The number of urea groups is 1. The molecule has 0 spiro atoms. The van der Waals surface area contributed by atoms with Gasteiger partial charge in [-0.1, -0.05) is 43.3 Å². The van der Waals surface area contributed by atoms with Gasteiger partial charge in [0.1, 0.15) is 11.5 Å². The van der Waals surface area contributed by atoms with E-state index in [-0.39, 0.29) is 42.2 Å². The van der Waals surface area contributed by atoms with Crippen LogP contribution in [-0.2, 0) is 14.8 Å². The van der Waals surface area contributed by atoms with Crippen molar-refractivity contribution in [2.75, 3.05) is 51.1 Å². The average Bonchev–Trinajstić information content (AvgIpc) is 3.16. The Morgan fingerprint density at radius 1 is 1.02 bits per heavy atom. The maximum absolute atomic E-state index is 14.5. The summed E-state index contributed by atoms with van der Waals surface area (Å²) in [6.07, 6.45) is 1.39. The number of likely N-dealkylation sites (N-methyl/N-ethyl adjacent to an activating group) is 1. The normalized spacial score (nSPS) is 19.5. The van der Waals surface area contributed by atoms with Crippen LogP contribution in [-0.4, -0.2) is 93.4 Å². The molecule has 0 aromatic heterocycles. The summed E-state index contributed by atoms with van der Waals surface area (Å²) in [5.74, 6) is 0.153. The van der Waals surface area contributed by atoms with Crippen molar-refractivity contribution in [3.8, 4) is 11.5 Å². The number of carbonyl (C=O) groups is 2. The summed E-state index contributed by atoms with van der Waals surface area (Å²) >= 11 is 0. The van der Waals surface area contributed by atoms with Crippen LogP contribution in [0.1, 0.15) is 50.4 Å². The van der Waals surface area contributed by atoms with Crippen LogP contribution < -0.4 is 20.1 Å². The first-order chi connectivity index (χ1) is 25.4. The third-order valence-electron chi connectivity index (χ3n) is 9.55. The molecule has 0 unspecified atom stereocenters. The Kier molecular flexibility index (Phi) is 13.3. The van der Waals surface area contributed by atoms with Gasteiger partial charge in [-0.05, 0) is 87.0 Å². The number of methoxy groups -OCH3 is 1. The number of sulfonamides is 1. The zero-order valence-corrected chi connectivity index (χ0v) is 31.8. The Morgan fingerprint density at radius 3 is 2.49 bits per heavy atom. The number of hydrogen-bond acceptors (Lipinski definition) is 8. The number of aliphatic hydroxyl groups excluding tert-OH is 1. The number of hydrogen-bond donors (Lipinski definition) is 3. The SMILES string of the molecule is COc1ccc(S(=O)(=O)N(C)C[C@@H]2OCCCC[C@H](C)Oc3ccc(NC(=O)Nc4cccc5ccccc45)cc3C(=O)N([C@@H](C)CO)C[C@H]2C)cc1. The highest BCUT2D eigenvalue weighted by atomic mass is 32.2. The number of carbonyl (C=O) groups excluding carboxylic acids is 2. The maximum atomic E-state index is 14.5. The molecule has 1 aliphatic rings. The number of anilines is 2. The Bertz CT molecular complexity index is 1970. The lowest BCUT2D eigenvalue weighted by Gasteiger charge is -2.35. The van der Waals surface area contributed by atoms with Gasteiger partial charge in [0.2, 0.25) is 10.0 Å². The molecule has 1 heterocycles. The van der Waals surface area contributed by atoms with E-state index in [1.165, 1.54) is 30.6 Å². The number of rotatable bonds is 9. The minimum atomic E-state index is -3.87. The van der Waals surface area contributed by atoms with E-state index in [2.05, 4.69) is 10.6 Å². The molecule has 12 nitrogen and oxygen atoms in total. The summed E-state index contributed by atoms with van der Waals surface area (Å²) < 4.78 is 46.3. The monoisotopic (exact) mass is 746 g/mol. The van der Waals surface area contributed by atoms with Crippen molar-refractivity contribution in [2.45, 2.75) is 63.2 Å². The molecule has 284 valence electrons. The van der Waals surface area contributed by atoms with Gasteiger partial charge in [-0.2, -0.15) is 4.31 Å². The molecule has 0 aliphatic carbocycles. The smallest absolute Gasteiger partial charge is 0.323 e. The Balaban J connectivity index is 1.41. The summed E-state index contributed by atoms with van der Waals surface area (Å²) in [4.78, 5) is 29.4. The van der Waals surface area contributed by atoms with Crippen molar-refractivity contribution >= 4 is 44.1 Å². The van der Waals surface area contributed by atoms with Crippen LogP contribution in [0.5, 0.6) is 11.5 Å². The van der Waals surface area contributed by atoms with Crippen molar-refractivity contribution in [1.82, 2.24) is 9.21 Å². The van der Waals surface area contributed by atoms with Crippen LogP contribution in [0.15, 0.2) is 89.8 Å². The summed E-state index contributed by atoms with van der Waals surface area (Å²) in [7, 11) is -0.834. The largest absolute Gasteiger partial charge is 0.497 e. The minimum Gasteiger partial charge on any atom is -0.497 e. The van der Waals surface area contributed by atoms with Crippen LogP contribution in [0.3, 0.4) is 0 Å². The van der Waals surface area contributed by atoms with E-state index in [1.807, 2.05) is 56.3 Å². The topological polar surface area (TPSA) is 147 Å². The van der Waals surface area contributed by atoms with Gasteiger partial charge >= 0.3 is 6.03 Å². The fourth-order valence-corrected chi connectivity index (χ4v) is 7.54. The van der Waals surface area contributed by atoms with Crippen molar-refractivity contribution in [2.24, 2.45) is 5.92 Å². The van der Waals surface area contributed by atoms with Gasteiger partial charge in [-0.25, -0.2) is 13.2 Å². The first kappa shape index (κ1) is 39.5. The molecule has 3 N–H and O–H groups in total. The van der Waals surface area contributed by atoms with E-state index < -0.39 is 34.1 Å². The second kappa shape index (κ2) is 17.9. The second-order valence-corrected chi connectivity index (χ2v) is 15.6. The highest BCUT2D eigenvalue weighted by Gasteiger charge is 2.32. The third-order valence-corrected chi connectivity index (χ3v) is 11.4. The number of fused-ring (bicyclic) bond motifs is 2. The number of aliphatic hydroxyl groups is 1. The number of nitrogens with zero attached hydrogens (tertiary/aromatic N) is 2. The van der Waals surface area contributed by atoms with Gasteiger partial charge in [0.05, 0.1) is 48.1 Å². The summed E-state index contributed by atoms with van der Waals surface area (Å²) in [5, 5.41) is 17.9. The first-order valence-electron chi connectivity index (χ1n) is 17.9. The lowest BCUT2D eigenvalue weighted by Crippen LogP contribution is -2.48. The van der Waals surface area contributed by atoms with Crippen LogP contribution in [0.4, 0.5) is 16.2 Å². The molecule has 4 aromatic carbocycles. The Morgan fingerprint density at radius 2 is 1.75 bits per heavy atom. The predicted molar refractivity (Wildman–Crippen MR) is 206 cm³/mol. The van der Waals surface area contributed by atoms with Gasteiger partial charge in [0.15, 0.2) is 0 Å². The van der Waals surface area contributed by atoms with E-state index in [1.54, 1.807) is 42.2 Å². The van der Waals surface area contributed by atoms with Crippen LogP contribution in [0, 0.1) is 5.92 Å². The molecule has 0 fully saturated rings. The molecule has 0 saturated heterocycles. The Labute approximate surface area is 312 Å². The van der Waals surface area contributed by atoms with E-state index in [4.69, 9.17) is 14.2 Å². The van der Waals surface area contributed by atoms with Crippen molar-refractivity contribution in [3.05, 3.63) is 90.5 Å². The zero-order valence-electron chi connectivity index (χ0n) is 30.9. The summed E-state index contributed by atoms with van der Waals surface area (Å²) in [5.41, 5.74) is 1.24. The summed E-state index contributed by atoms with van der Waals surface area (Å²) in [6, 6.07) is 23.5. The molecule has 0 radical (unpaired) electrons. The number of ether oxygens (including phenoxy) is 3. The molecule has 4 atom stereocenters. The van der Waals surface area contributed by atoms with Crippen molar-refractivity contribution < 1.29 is 37.3 Å². The van der Waals surface area contributed by atoms with E-state index in [0.29, 0.717) is 35.9 Å². The quantitative estimate of drug-likeness (QED) is 0.174. The van der Waals surface area contributed by atoms with Crippen LogP contribution in [0.25, 0.3) is 10.8 Å². The van der Waals surface area contributed by atoms with Crippen LogP contribution >= 0.6 is 0 Å². The molecule has 1 aliphatic heterocycles. The molecule has 13 heteroatoms. The standard InChI is InChI=1S/C40H50N4O8S/c1-27-24-44(28(2)26-45)39(46)35-23-31(41-40(47)42-36-15-10-13-30-12-6-7-14-34(30)36)16-21-37(35)52-29(3)11-8-9-22-51-38(27)25-43(4)53(48,49)33-19-17-32(50-5)18-20-33/h6-7,10,12-21,23,27-29,38,45H,8-9,11,22,24-26H2,1-5H3,(H2,41,42,47)/t27-,28+,29+,38+/m1/s1. The molecule has 5 rings (SSSR count). The Hall–Kier alpha value is -4.69. The minimum absolute atomic E-state index is 0.0427. The highest BCUT2D eigenvalue weighted by molar-refractivity contribution is 7.89. The van der Waals surface area contributed by atoms with E-state index in [9.17, 15) is 23.1 Å². The maximum Gasteiger partial charge on any atom is 0.323 e. The van der Waals surface area contributed by atoms with E-state index >= 15 is 0 Å². The molecule has 0 bridgehead atoms. The van der Waals surface area contributed by atoms with Crippen molar-refractivity contribution in [1.29, 1.82) is 0 Å². The van der Waals surface area contributed by atoms with Crippen LogP contribution in [0.2, 0.25) is 0 Å². The average molecular weight is 747 g/mol. The molecule has 3 amide bonds. The fourth-order valence-electron chi connectivity index (χ4n) is 6.36. The lowest BCUT2D eigenvalue weighted by molar-refractivity contribution is -0.00834. The van der Waals surface area contributed by atoms with Crippen molar-refractivity contribution in [3.63, 3.8) is 0 Å². The molecular weight excluding hydrogens is 697 g/mol. The van der Waals surface area contributed by atoms with Gasteiger partial charge in [-0.3, -0.25) is 4.79 Å². The fraction of sp³-hybridized carbons (Fsp3) is 0.400. The number of benzene rings is 4. The molecule has 0 saturated carbocycles. The molecule has 4 aromatic rings. The van der Waals surface area contributed by atoms with E-state index in [0.717, 1.165) is 23.6 Å². The van der Waals surface area contributed by atoms with Gasteiger partial charge in [0, 0.05) is 43.7 Å². The predicted octanol–water partition coefficient (Wildman–Crippen LogP) is 6.61. The molecule has 53 heavy (non-hydrogen) atoms. The highest BCUT2D eigenvalue weighted by Crippen LogP contribution is 2.30. The van der Waals surface area contributed by atoms with Gasteiger partial charge in [0.25, 0.3) is 5.91 Å². The number of amides is 3. The first-order valence-corrected chi connectivity index (χ1v) is 19.4. The third kappa shape index (κ3) is 9.85. The van der Waals surface area contributed by atoms with Gasteiger partial charge < -0.3 is 34.9 Å².